The number of anilines is 2. The van der Waals surface area contributed by atoms with Crippen molar-refractivity contribution in [3.8, 4) is 5.75 Å². The zero-order valence-corrected chi connectivity index (χ0v) is 18.0. The lowest BCUT2D eigenvalue weighted by atomic mass is 10.0. The van der Waals surface area contributed by atoms with Gasteiger partial charge in [-0.25, -0.2) is 0 Å². The standard InChI is InChI=1S/C24H35N3O2/c1-4-6-13-27(14-7-5-2)18(3)17-29-21-10-8-9-19(15-21)24(28)20-11-12-22(25)23(26)16-20/h8-12,15-16,18H,4-7,13-14,17,25-26H2,1-3H3. The fourth-order valence-corrected chi connectivity index (χ4v) is 3.21. The monoisotopic (exact) mass is 397 g/mol. The molecule has 0 aromatic heterocycles. The summed E-state index contributed by atoms with van der Waals surface area (Å²) in [6.45, 7) is 9.43. The van der Waals surface area contributed by atoms with E-state index in [1.54, 1.807) is 30.3 Å². The molecule has 5 nitrogen and oxygen atoms in total. The Bertz CT molecular complexity index is 783. The maximum atomic E-state index is 12.8. The van der Waals surface area contributed by atoms with E-state index in [1.165, 1.54) is 25.7 Å². The van der Waals surface area contributed by atoms with Crippen LogP contribution in [0.1, 0.15) is 62.4 Å². The Labute approximate surface area is 175 Å². The lowest BCUT2D eigenvalue weighted by Gasteiger charge is -2.29. The van der Waals surface area contributed by atoms with Gasteiger partial charge in [0.25, 0.3) is 0 Å². The van der Waals surface area contributed by atoms with Crippen molar-refractivity contribution in [2.75, 3.05) is 31.2 Å². The zero-order chi connectivity index (χ0) is 21.2. The molecule has 158 valence electrons. The highest BCUT2D eigenvalue weighted by Crippen LogP contribution is 2.21. The number of nitrogens with two attached hydrogens (primary N) is 2. The van der Waals surface area contributed by atoms with Crippen LogP contribution in [0.4, 0.5) is 11.4 Å². The molecule has 0 heterocycles. The minimum absolute atomic E-state index is 0.0947. The summed E-state index contributed by atoms with van der Waals surface area (Å²) >= 11 is 0. The molecule has 0 bridgehead atoms. The Kier molecular flexibility index (Phi) is 9.00. The van der Waals surface area contributed by atoms with Gasteiger partial charge >= 0.3 is 0 Å². The van der Waals surface area contributed by atoms with Gasteiger partial charge < -0.3 is 16.2 Å². The number of carbonyl (C=O) groups is 1. The third-order valence-corrected chi connectivity index (χ3v) is 5.16. The number of hydrogen-bond acceptors (Lipinski definition) is 5. The fraction of sp³-hybridized carbons (Fsp3) is 0.458. The molecule has 0 aliphatic carbocycles. The van der Waals surface area contributed by atoms with Crippen molar-refractivity contribution in [1.29, 1.82) is 0 Å². The van der Waals surface area contributed by atoms with E-state index >= 15 is 0 Å². The third kappa shape index (κ3) is 6.79. The zero-order valence-electron chi connectivity index (χ0n) is 18.0. The van der Waals surface area contributed by atoms with Crippen LogP contribution in [-0.4, -0.2) is 36.4 Å². The molecule has 1 unspecified atom stereocenters. The molecular weight excluding hydrogens is 362 g/mol. The van der Waals surface area contributed by atoms with Gasteiger partial charge in [-0.1, -0.05) is 38.8 Å². The van der Waals surface area contributed by atoms with Gasteiger partial charge in [0, 0.05) is 17.2 Å². The maximum absolute atomic E-state index is 12.8. The van der Waals surface area contributed by atoms with Gasteiger partial charge in [0.2, 0.25) is 0 Å². The quantitative estimate of drug-likeness (QED) is 0.399. The van der Waals surface area contributed by atoms with Gasteiger partial charge in [-0.2, -0.15) is 0 Å². The average molecular weight is 398 g/mol. The second kappa shape index (κ2) is 11.5. The third-order valence-electron chi connectivity index (χ3n) is 5.16. The van der Waals surface area contributed by atoms with E-state index in [4.69, 9.17) is 16.2 Å². The van der Waals surface area contributed by atoms with Gasteiger partial charge in [-0.05, 0) is 63.2 Å². The summed E-state index contributed by atoms with van der Waals surface area (Å²) in [4.78, 5) is 15.3. The Balaban J connectivity index is 2.02. The highest BCUT2D eigenvalue weighted by atomic mass is 16.5. The van der Waals surface area contributed by atoms with Gasteiger partial charge in [-0.15, -0.1) is 0 Å². The second-order valence-electron chi connectivity index (χ2n) is 7.60. The van der Waals surface area contributed by atoms with Gasteiger partial charge in [-0.3, -0.25) is 9.69 Å². The molecule has 0 aliphatic rings. The van der Waals surface area contributed by atoms with Crippen LogP contribution in [0.25, 0.3) is 0 Å². The van der Waals surface area contributed by atoms with Crippen molar-refractivity contribution in [3.05, 3.63) is 53.6 Å². The number of benzene rings is 2. The largest absolute Gasteiger partial charge is 0.492 e. The normalized spacial score (nSPS) is 12.1. The Morgan fingerprint density at radius 2 is 1.62 bits per heavy atom. The molecule has 0 saturated heterocycles. The van der Waals surface area contributed by atoms with E-state index in [9.17, 15) is 4.79 Å². The van der Waals surface area contributed by atoms with Crippen LogP contribution in [0.2, 0.25) is 0 Å². The van der Waals surface area contributed by atoms with Crippen molar-refractivity contribution in [3.63, 3.8) is 0 Å². The molecule has 2 aromatic carbocycles. The van der Waals surface area contributed by atoms with E-state index in [0.717, 1.165) is 13.1 Å². The van der Waals surface area contributed by atoms with Gasteiger partial charge in [0.15, 0.2) is 5.78 Å². The first kappa shape index (κ1) is 22.8. The van der Waals surface area contributed by atoms with Crippen LogP contribution in [0, 0.1) is 0 Å². The van der Waals surface area contributed by atoms with Crippen molar-refractivity contribution in [2.45, 2.75) is 52.5 Å². The van der Waals surface area contributed by atoms with E-state index in [2.05, 4.69) is 25.7 Å². The van der Waals surface area contributed by atoms with Gasteiger partial charge in [0.1, 0.15) is 12.4 Å². The molecule has 0 aliphatic heterocycles. The molecule has 2 rings (SSSR count). The molecule has 0 amide bonds. The highest BCUT2D eigenvalue weighted by molar-refractivity contribution is 6.10. The average Bonchev–Trinajstić information content (AvgIpc) is 2.73. The van der Waals surface area contributed by atoms with E-state index < -0.39 is 0 Å². The molecule has 0 fully saturated rings. The first-order valence-electron chi connectivity index (χ1n) is 10.6. The molecule has 4 N–H and O–H groups in total. The molecule has 5 heteroatoms. The molecule has 0 spiro atoms. The van der Waals surface area contributed by atoms with Crippen LogP contribution in [-0.2, 0) is 0 Å². The predicted molar refractivity (Wildman–Crippen MR) is 121 cm³/mol. The Hall–Kier alpha value is -2.53. The SMILES string of the molecule is CCCCN(CCCC)C(C)COc1cccc(C(=O)c2ccc(N)c(N)c2)c1. The molecule has 0 saturated carbocycles. The predicted octanol–water partition coefficient (Wildman–Crippen LogP) is 4.75. The number of hydrogen-bond donors (Lipinski definition) is 2. The minimum atomic E-state index is -0.0947. The van der Waals surface area contributed by atoms with Crippen molar-refractivity contribution in [1.82, 2.24) is 4.90 Å². The Morgan fingerprint density at radius 3 is 2.24 bits per heavy atom. The minimum Gasteiger partial charge on any atom is -0.492 e. The van der Waals surface area contributed by atoms with Crippen molar-refractivity contribution in [2.24, 2.45) is 0 Å². The highest BCUT2D eigenvalue weighted by Gasteiger charge is 2.15. The smallest absolute Gasteiger partial charge is 0.193 e. The van der Waals surface area contributed by atoms with Crippen LogP contribution in [0.5, 0.6) is 5.75 Å². The van der Waals surface area contributed by atoms with Crippen molar-refractivity contribution < 1.29 is 9.53 Å². The summed E-state index contributed by atoms with van der Waals surface area (Å²) in [6, 6.07) is 12.6. The molecule has 1 atom stereocenters. The first-order valence-corrected chi connectivity index (χ1v) is 10.6. The Morgan fingerprint density at radius 1 is 0.966 bits per heavy atom. The van der Waals surface area contributed by atoms with E-state index in [-0.39, 0.29) is 5.78 Å². The number of ketones is 1. The van der Waals surface area contributed by atoms with Crippen LogP contribution in [0.3, 0.4) is 0 Å². The fourth-order valence-electron chi connectivity index (χ4n) is 3.21. The molecule has 29 heavy (non-hydrogen) atoms. The first-order chi connectivity index (χ1) is 14.0. The van der Waals surface area contributed by atoms with E-state index in [1.807, 2.05) is 12.1 Å². The number of rotatable bonds is 12. The summed E-state index contributed by atoms with van der Waals surface area (Å²) in [5.74, 6) is 0.611. The maximum Gasteiger partial charge on any atom is 0.193 e. The summed E-state index contributed by atoms with van der Waals surface area (Å²) in [6.07, 6.45) is 4.78. The number of unbranched alkanes of at least 4 members (excludes halogenated alkanes) is 2. The van der Waals surface area contributed by atoms with Crippen LogP contribution >= 0.6 is 0 Å². The molecule has 0 radical (unpaired) electrons. The summed E-state index contributed by atoms with van der Waals surface area (Å²) < 4.78 is 6.04. The van der Waals surface area contributed by atoms with Crippen LogP contribution in [0.15, 0.2) is 42.5 Å². The topological polar surface area (TPSA) is 81.6 Å². The second-order valence-corrected chi connectivity index (χ2v) is 7.60. The van der Waals surface area contributed by atoms with Crippen LogP contribution < -0.4 is 16.2 Å². The lowest BCUT2D eigenvalue weighted by Crippen LogP contribution is -2.38. The number of ether oxygens (including phenoxy) is 1. The number of nitrogen functional groups attached to an aromatic ring is 2. The van der Waals surface area contributed by atoms with Gasteiger partial charge in [0.05, 0.1) is 11.4 Å². The lowest BCUT2D eigenvalue weighted by molar-refractivity contribution is 0.103. The summed E-state index contributed by atoms with van der Waals surface area (Å²) in [7, 11) is 0. The van der Waals surface area contributed by atoms with E-state index in [0.29, 0.717) is 40.9 Å². The molecular formula is C24H35N3O2. The summed E-state index contributed by atoms with van der Waals surface area (Å²) in [5.41, 5.74) is 13.6. The number of nitrogens with zero attached hydrogens (tertiary/aromatic N) is 1. The molecule has 2 aromatic rings. The number of carbonyl (C=O) groups excluding carboxylic acids is 1. The van der Waals surface area contributed by atoms with Crippen molar-refractivity contribution >= 4 is 17.2 Å². The summed E-state index contributed by atoms with van der Waals surface area (Å²) in [5, 5.41) is 0.